The number of methoxy groups -OCH3 is 2. The van der Waals surface area contributed by atoms with Crippen molar-refractivity contribution in [2.24, 2.45) is 0 Å². The number of nitrogens with zero attached hydrogens (tertiary/aromatic N) is 2. The Bertz CT molecular complexity index is 1200. The molecule has 2 aliphatic heterocycles. The van der Waals surface area contributed by atoms with E-state index in [-0.39, 0.29) is 11.9 Å². The van der Waals surface area contributed by atoms with Gasteiger partial charge in [0, 0.05) is 29.1 Å². The van der Waals surface area contributed by atoms with Gasteiger partial charge in [0.25, 0.3) is 5.91 Å². The lowest BCUT2D eigenvalue weighted by Gasteiger charge is -2.42. The van der Waals surface area contributed by atoms with Gasteiger partial charge in [-0.25, -0.2) is 9.69 Å². The van der Waals surface area contributed by atoms with Crippen LogP contribution in [0.25, 0.3) is 10.9 Å². The molecule has 30 heavy (non-hydrogen) atoms. The normalized spacial score (nSPS) is 19.8. The lowest BCUT2D eigenvalue weighted by molar-refractivity contribution is -0.121. The van der Waals surface area contributed by atoms with Gasteiger partial charge in [0.15, 0.2) is 0 Å². The fourth-order valence-corrected chi connectivity index (χ4v) is 4.84. The van der Waals surface area contributed by atoms with Gasteiger partial charge in [-0.2, -0.15) is 0 Å². The van der Waals surface area contributed by atoms with Gasteiger partial charge < -0.3 is 19.4 Å². The third-order valence-corrected chi connectivity index (χ3v) is 6.27. The van der Waals surface area contributed by atoms with E-state index in [1.165, 1.54) is 12.0 Å². The van der Waals surface area contributed by atoms with Crippen molar-refractivity contribution in [3.63, 3.8) is 0 Å². The summed E-state index contributed by atoms with van der Waals surface area (Å²) in [4.78, 5) is 33.4. The standard InChI is InChI=1S/C23H23N3O4/c1-23(2)20-15(14-7-5-6-8-16(14)24-20)12-18-21(27)25(22(28)26(18)23)17-10-9-13(29-3)11-19(17)30-4/h5-11,18,24H,12H2,1-4H3/t18-/m0/s1. The Kier molecular flexibility index (Phi) is 3.87. The van der Waals surface area contributed by atoms with Crippen molar-refractivity contribution in [3.05, 3.63) is 53.7 Å². The summed E-state index contributed by atoms with van der Waals surface area (Å²) in [7, 11) is 3.07. The Hall–Kier alpha value is -3.48. The molecular formula is C23H23N3O4. The molecule has 3 amide bonds. The third kappa shape index (κ3) is 2.32. The molecule has 3 aromatic rings. The van der Waals surface area contributed by atoms with Crippen LogP contribution in [-0.2, 0) is 16.8 Å². The number of carbonyl (C=O) groups excluding carboxylic acids is 2. The Labute approximate surface area is 174 Å². The Balaban J connectivity index is 1.63. The van der Waals surface area contributed by atoms with Crippen LogP contribution in [0.1, 0.15) is 25.1 Å². The highest BCUT2D eigenvalue weighted by Gasteiger charge is 2.56. The molecule has 0 aliphatic carbocycles. The van der Waals surface area contributed by atoms with E-state index in [1.807, 2.05) is 32.0 Å². The second-order valence-electron chi connectivity index (χ2n) is 8.17. The SMILES string of the molecule is COc1ccc(N2C(=O)[C@@H]3Cc4c([nH]c5ccccc45)C(C)(C)N3C2=O)c(OC)c1. The van der Waals surface area contributed by atoms with Crippen molar-refractivity contribution in [1.29, 1.82) is 0 Å². The molecular weight excluding hydrogens is 382 g/mol. The summed E-state index contributed by atoms with van der Waals surface area (Å²) in [6, 6.07) is 12.2. The number of ether oxygens (including phenoxy) is 2. The van der Waals surface area contributed by atoms with Crippen molar-refractivity contribution in [2.45, 2.75) is 31.8 Å². The molecule has 0 saturated carbocycles. The average molecular weight is 405 g/mol. The molecule has 1 fully saturated rings. The van der Waals surface area contributed by atoms with Gasteiger partial charge in [-0.05, 0) is 37.6 Å². The van der Waals surface area contributed by atoms with Gasteiger partial charge >= 0.3 is 6.03 Å². The second kappa shape index (κ2) is 6.26. The first-order valence-electron chi connectivity index (χ1n) is 9.88. The van der Waals surface area contributed by atoms with E-state index in [4.69, 9.17) is 9.47 Å². The number of nitrogens with one attached hydrogen (secondary N) is 1. The minimum absolute atomic E-state index is 0.243. The van der Waals surface area contributed by atoms with Crippen molar-refractivity contribution in [3.8, 4) is 11.5 Å². The molecule has 0 spiro atoms. The lowest BCUT2D eigenvalue weighted by atomic mass is 9.85. The van der Waals surface area contributed by atoms with Crippen molar-refractivity contribution in [2.75, 3.05) is 19.1 Å². The van der Waals surface area contributed by atoms with E-state index < -0.39 is 11.6 Å². The number of aromatic amines is 1. The summed E-state index contributed by atoms with van der Waals surface area (Å²) in [5.74, 6) is 0.763. The molecule has 1 saturated heterocycles. The van der Waals surface area contributed by atoms with E-state index in [0.717, 1.165) is 22.2 Å². The number of para-hydroxylation sites is 1. The van der Waals surface area contributed by atoms with Crippen LogP contribution in [0.4, 0.5) is 10.5 Å². The molecule has 1 atom stereocenters. The van der Waals surface area contributed by atoms with Crippen LogP contribution in [-0.4, -0.2) is 42.1 Å². The largest absolute Gasteiger partial charge is 0.497 e. The van der Waals surface area contributed by atoms with Crippen LogP contribution in [0.5, 0.6) is 11.5 Å². The van der Waals surface area contributed by atoms with Crippen LogP contribution < -0.4 is 14.4 Å². The third-order valence-electron chi connectivity index (χ3n) is 6.27. The molecule has 2 aromatic carbocycles. The zero-order chi connectivity index (χ0) is 21.2. The number of benzene rings is 2. The number of imide groups is 1. The highest BCUT2D eigenvalue weighted by molar-refractivity contribution is 6.22. The molecule has 0 bridgehead atoms. The quantitative estimate of drug-likeness (QED) is 0.673. The van der Waals surface area contributed by atoms with E-state index in [0.29, 0.717) is 23.6 Å². The summed E-state index contributed by atoms with van der Waals surface area (Å²) in [5.41, 5.74) is 2.85. The van der Waals surface area contributed by atoms with Gasteiger partial charge in [0.05, 0.1) is 25.4 Å². The average Bonchev–Trinajstić information content (AvgIpc) is 3.24. The number of H-pyrrole nitrogens is 1. The van der Waals surface area contributed by atoms with Crippen LogP contribution in [0, 0.1) is 0 Å². The first kappa shape index (κ1) is 18.5. The zero-order valence-electron chi connectivity index (χ0n) is 17.4. The predicted molar refractivity (Wildman–Crippen MR) is 113 cm³/mol. The maximum atomic E-state index is 13.5. The highest BCUT2D eigenvalue weighted by Crippen LogP contribution is 2.46. The van der Waals surface area contributed by atoms with Crippen LogP contribution >= 0.6 is 0 Å². The van der Waals surface area contributed by atoms with Crippen molar-refractivity contribution >= 4 is 28.5 Å². The molecule has 154 valence electrons. The molecule has 0 radical (unpaired) electrons. The molecule has 1 aromatic heterocycles. The molecule has 7 nitrogen and oxygen atoms in total. The summed E-state index contributed by atoms with van der Waals surface area (Å²) in [6.45, 7) is 3.96. The second-order valence-corrected chi connectivity index (χ2v) is 8.17. The Morgan fingerprint density at radius 1 is 1.07 bits per heavy atom. The molecule has 5 rings (SSSR count). The van der Waals surface area contributed by atoms with Crippen molar-refractivity contribution < 1.29 is 19.1 Å². The number of hydrogen-bond donors (Lipinski definition) is 1. The minimum Gasteiger partial charge on any atom is -0.497 e. The van der Waals surface area contributed by atoms with Gasteiger partial charge in [0.2, 0.25) is 0 Å². The zero-order valence-corrected chi connectivity index (χ0v) is 17.4. The first-order valence-corrected chi connectivity index (χ1v) is 9.88. The maximum Gasteiger partial charge on any atom is 0.333 e. The number of rotatable bonds is 3. The number of amides is 3. The summed E-state index contributed by atoms with van der Waals surface area (Å²) >= 11 is 0. The minimum atomic E-state index is -0.668. The fourth-order valence-electron chi connectivity index (χ4n) is 4.84. The van der Waals surface area contributed by atoms with E-state index in [1.54, 1.807) is 30.2 Å². The molecule has 2 aliphatic rings. The maximum absolute atomic E-state index is 13.5. The molecule has 0 unspecified atom stereocenters. The van der Waals surface area contributed by atoms with Crippen LogP contribution in [0.2, 0.25) is 0 Å². The van der Waals surface area contributed by atoms with Crippen LogP contribution in [0.15, 0.2) is 42.5 Å². The number of hydrogen-bond acceptors (Lipinski definition) is 4. The number of fused-ring (bicyclic) bond motifs is 4. The van der Waals surface area contributed by atoms with E-state index >= 15 is 0 Å². The predicted octanol–water partition coefficient (Wildman–Crippen LogP) is 3.81. The Morgan fingerprint density at radius 3 is 2.57 bits per heavy atom. The van der Waals surface area contributed by atoms with Gasteiger partial charge in [0.1, 0.15) is 17.5 Å². The van der Waals surface area contributed by atoms with E-state index in [9.17, 15) is 9.59 Å². The van der Waals surface area contributed by atoms with Gasteiger partial charge in [-0.15, -0.1) is 0 Å². The number of urea groups is 1. The number of anilines is 1. The summed E-state index contributed by atoms with van der Waals surface area (Å²) in [5, 5.41) is 1.10. The van der Waals surface area contributed by atoms with Gasteiger partial charge in [-0.3, -0.25) is 4.79 Å². The molecule has 7 heteroatoms. The van der Waals surface area contributed by atoms with Gasteiger partial charge in [-0.1, -0.05) is 18.2 Å². The van der Waals surface area contributed by atoms with Crippen molar-refractivity contribution in [1.82, 2.24) is 9.88 Å². The fraction of sp³-hybridized carbons (Fsp3) is 0.304. The number of carbonyl (C=O) groups is 2. The molecule has 3 heterocycles. The highest BCUT2D eigenvalue weighted by atomic mass is 16.5. The smallest absolute Gasteiger partial charge is 0.333 e. The Morgan fingerprint density at radius 2 is 1.83 bits per heavy atom. The first-order chi connectivity index (χ1) is 14.4. The monoisotopic (exact) mass is 405 g/mol. The van der Waals surface area contributed by atoms with E-state index in [2.05, 4.69) is 11.1 Å². The topological polar surface area (TPSA) is 74.9 Å². The summed E-state index contributed by atoms with van der Waals surface area (Å²) < 4.78 is 10.7. The summed E-state index contributed by atoms with van der Waals surface area (Å²) in [6.07, 6.45) is 0.475. The van der Waals surface area contributed by atoms with Crippen LogP contribution in [0.3, 0.4) is 0 Å². The molecule has 1 N–H and O–H groups in total. The lowest BCUT2D eigenvalue weighted by Crippen LogP contribution is -2.52. The number of aromatic nitrogens is 1.